The average Bonchev–Trinajstić information content (AvgIpc) is 2.89. The molecule has 2 unspecified atom stereocenters. The van der Waals surface area contributed by atoms with Crippen LogP contribution in [0.2, 0.25) is 0 Å². The SMILES string of the molecule is CCC(C)NC(=O)C(Cc1ccccc1)N(Cc1cccc(C)c1)C(=O)CN(c1ccc(F)cc1)S(C)(=O)=O. The van der Waals surface area contributed by atoms with Gasteiger partial charge in [-0.3, -0.25) is 13.9 Å². The molecular weight excluding hydrogens is 517 g/mol. The lowest BCUT2D eigenvalue weighted by atomic mass is 10.0. The van der Waals surface area contributed by atoms with Gasteiger partial charge in [0, 0.05) is 19.0 Å². The first kappa shape index (κ1) is 29.8. The summed E-state index contributed by atoms with van der Waals surface area (Å²) in [5, 5.41) is 3.00. The molecule has 0 radical (unpaired) electrons. The maximum absolute atomic E-state index is 14.0. The van der Waals surface area contributed by atoms with Crippen molar-refractivity contribution < 1.29 is 22.4 Å². The number of amides is 2. The second kappa shape index (κ2) is 13.4. The van der Waals surface area contributed by atoms with Gasteiger partial charge in [0.15, 0.2) is 0 Å². The third-order valence-electron chi connectivity index (χ3n) is 6.50. The maximum atomic E-state index is 14.0. The number of sulfonamides is 1. The van der Waals surface area contributed by atoms with Crippen molar-refractivity contribution in [3.63, 3.8) is 0 Å². The van der Waals surface area contributed by atoms with E-state index >= 15 is 0 Å². The van der Waals surface area contributed by atoms with E-state index in [0.717, 1.165) is 39.4 Å². The number of anilines is 1. The number of nitrogens with zero attached hydrogens (tertiary/aromatic N) is 2. The minimum atomic E-state index is -3.90. The molecule has 3 rings (SSSR count). The summed E-state index contributed by atoms with van der Waals surface area (Å²) in [6.45, 7) is 5.35. The average molecular weight is 554 g/mol. The molecule has 0 saturated heterocycles. The second-order valence-electron chi connectivity index (χ2n) is 9.78. The minimum absolute atomic E-state index is 0.104. The van der Waals surface area contributed by atoms with E-state index in [-0.39, 0.29) is 30.6 Å². The van der Waals surface area contributed by atoms with Crippen LogP contribution in [0.3, 0.4) is 0 Å². The predicted molar refractivity (Wildman–Crippen MR) is 152 cm³/mol. The Morgan fingerprint density at radius 1 is 0.949 bits per heavy atom. The number of carbonyl (C=O) groups excluding carboxylic acids is 2. The molecule has 0 spiro atoms. The standard InChI is InChI=1S/C30H36FN3O4S/c1-5-23(3)32-30(36)28(19-24-11-7-6-8-12-24)33(20-25-13-9-10-22(2)18-25)29(35)21-34(39(4,37)38)27-16-14-26(31)15-17-27/h6-18,23,28H,5,19-21H2,1-4H3,(H,32,36). The van der Waals surface area contributed by atoms with Gasteiger partial charge in [-0.05, 0) is 55.7 Å². The molecule has 9 heteroatoms. The summed E-state index contributed by atoms with van der Waals surface area (Å²) in [6, 6.07) is 20.9. The zero-order valence-corrected chi connectivity index (χ0v) is 23.6. The van der Waals surface area contributed by atoms with Crippen molar-refractivity contribution in [2.24, 2.45) is 0 Å². The summed E-state index contributed by atoms with van der Waals surface area (Å²) in [7, 11) is -3.90. The molecule has 0 aliphatic heterocycles. The molecule has 0 aromatic heterocycles. The topological polar surface area (TPSA) is 86.8 Å². The van der Waals surface area contributed by atoms with Gasteiger partial charge in [-0.1, -0.05) is 67.1 Å². The molecule has 39 heavy (non-hydrogen) atoms. The van der Waals surface area contributed by atoms with Crippen molar-refractivity contribution in [2.75, 3.05) is 17.1 Å². The highest BCUT2D eigenvalue weighted by Gasteiger charge is 2.33. The number of hydrogen-bond donors (Lipinski definition) is 1. The van der Waals surface area contributed by atoms with Crippen LogP contribution >= 0.6 is 0 Å². The van der Waals surface area contributed by atoms with E-state index in [9.17, 15) is 22.4 Å². The lowest BCUT2D eigenvalue weighted by Gasteiger charge is -2.34. The van der Waals surface area contributed by atoms with E-state index in [1.807, 2.05) is 75.4 Å². The Morgan fingerprint density at radius 2 is 1.59 bits per heavy atom. The van der Waals surface area contributed by atoms with Crippen molar-refractivity contribution >= 4 is 27.5 Å². The molecule has 1 N–H and O–H groups in total. The first-order valence-corrected chi connectivity index (χ1v) is 14.7. The van der Waals surface area contributed by atoms with Gasteiger partial charge in [-0.2, -0.15) is 0 Å². The number of halogens is 1. The minimum Gasteiger partial charge on any atom is -0.352 e. The highest BCUT2D eigenvalue weighted by molar-refractivity contribution is 7.92. The normalized spacial score (nSPS) is 12.8. The van der Waals surface area contributed by atoms with Gasteiger partial charge in [0.05, 0.1) is 11.9 Å². The van der Waals surface area contributed by atoms with E-state index in [4.69, 9.17) is 0 Å². The van der Waals surface area contributed by atoms with Crippen molar-refractivity contribution in [1.29, 1.82) is 0 Å². The number of benzene rings is 3. The van der Waals surface area contributed by atoms with Gasteiger partial charge in [0.1, 0.15) is 18.4 Å². The van der Waals surface area contributed by atoms with Gasteiger partial charge in [-0.15, -0.1) is 0 Å². The van der Waals surface area contributed by atoms with Crippen LogP contribution < -0.4 is 9.62 Å². The first-order chi connectivity index (χ1) is 18.5. The van der Waals surface area contributed by atoms with Crippen molar-refractivity contribution in [1.82, 2.24) is 10.2 Å². The highest BCUT2D eigenvalue weighted by atomic mass is 32.2. The van der Waals surface area contributed by atoms with Crippen LogP contribution in [0.1, 0.15) is 37.0 Å². The molecule has 0 heterocycles. The Balaban J connectivity index is 2.05. The van der Waals surface area contributed by atoms with Crippen molar-refractivity contribution in [3.05, 3.63) is 101 Å². The molecular formula is C30H36FN3O4S. The quantitative estimate of drug-likeness (QED) is 0.359. The Hall–Kier alpha value is -3.72. The maximum Gasteiger partial charge on any atom is 0.244 e. The smallest absolute Gasteiger partial charge is 0.244 e. The Kier molecular flexibility index (Phi) is 10.2. The number of aryl methyl sites for hydroxylation is 1. The van der Waals surface area contributed by atoms with Crippen LogP contribution in [0.4, 0.5) is 10.1 Å². The third-order valence-corrected chi connectivity index (χ3v) is 7.64. The fourth-order valence-electron chi connectivity index (χ4n) is 4.22. The summed E-state index contributed by atoms with van der Waals surface area (Å²) in [5.74, 6) is -1.39. The molecule has 3 aromatic carbocycles. The molecule has 3 aromatic rings. The summed E-state index contributed by atoms with van der Waals surface area (Å²) in [4.78, 5) is 29.1. The van der Waals surface area contributed by atoms with Crippen molar-refractivity contribution in [3.8, 4) is 0 Å². The zero-order chi connectivity index (χ0) is 28.6. The molecule has 0 aliphatic rings. The first-order valence-electron chi connectivity index (χ1n) is 12.9. The number of nitrogens with one attached hydrogen (secondary N) is 1. The van der Waals surface area contributed by atoms with Crippen LogP contribution in [0.15, 0.2) is 78.9 Å². The van der Waals surface area contributed by atoms with Crippen LogP contribution in [0.25, 0.3) is 0 Å². The number of hydrogen-bond acceptors (Lipinski definition) is 4. The summed E-state index contributed by atoms with van der Waals surface area (Å²) in [6.07, 6.45) is 1.95. The van der Waals surface area contributed by atoms with Crippen LogP contribution in [0, 0.1) is 12.7 Å². The van der Waals surface area contributed by atoms with Crippen LogP contribution in [-0.2, 0) is 32.6 Å². The predicted octanol–water partition coefficient (Wildman–Crippen LogP) is 4.45. The van der Waals surface area contributed by atoms with Gasteiger partial charge in [-0.25, -0.2) is 12.8 Å². The fourth-order valence-corrected chi connectivity index (χ4v) is 5.07. The van der Waals surface area contributed by atoms with Gasteiger partial charge >= 0.3 is 0 Å². The fraction of sp³-hybridized carbons (Fsp3) is 0.333. The zero-order valence-electron chi connectivity index (χ0n) is 22.8. The lowest BCUT2D eigenvalue weighted by Crippen LogP contribution is -2.54. The van der Waals surface area contributed by atoms with Crippen molar-refractivity contribution in [2.45, 2.75) is 52.2 Å². The van der Waals surface area contributed by atoms with E-state index < -0.39 is 34.3 Å². The Morgan fingerprint density at radius 3 is 2.18 bits per heavy atom. The van der Waals surface area contributed by atoms with E-state index in [2.05, 4.69) is 5.32 Å². The van der Waals surface area contributed by atoms with Gasteiger partial charge in [0.25, 0.3) is 0 Å². The second-order valence-corrected chi connectivity index (χ2v) is 11.7. The Bertz CT molecular complexity index is 1360. The summed E-state index contributed by atoms with van der Waals surface area (Å²) < 4.78 is 40.0. The third kappa shape index (κ3) is 8.64. The molecule has 2 atom stereocenters. The summed E-state index contributed by atoms with van der Waals surface area (Å²) >= 11 is 0. The van der Waals surface area contributed by atoms with Crippen LogP contribution in [-0.4, -0.2) is 50.0 Å². The monoisotopic (exact) mass is 553 g/mol. The van der Waals surface area contributed by atoms with E-state index in [0.29, 0.717) is 6.42 Å². The van der Waals surface area contributed by atoms with E-state index in [1.54, 1.807) is 0 Å². The molecule has 7 nitrogen and oxygen atoms in total. The molecule has 0 fully saturated rings. The highest BCUT2D eigenvalue weighted by Crippen LogP contribution is 2.21. The van der Waals surface area contributed by atoms with E-state index in [1.165, 1.54) is 17.0 Å². The molecule has 208 valence electrons. The largest absolute Gasteiger partial charge is 0.352 e. The molecule has 0 saturated carbocycles. The number of rotatable bonds is 12. The van der Waals surface area contributed by atoms with Gasteiger partial charge < -0.3 is 10.2 Å². The lowest BCUT2D eigenvalue weighted by molar-refractivity contribution is -0.140. The Labute approximate surface area is 230 Å². The van der Waals surface area contributed by atoms with Crippen LogP contribution in [0.5, 0.6) is 0 Å². The molecule has 0 bridgehead atoms. The number of carbonyl (C=O) groups is 2. The molecule has 2 amide bonds. The van der Waals surface area contributed by atoms with Gasteiger partial charge in [0.2, 0.25) is 21.8 Å². The summed E-state index contributed by atoms with van der Waals surface area (Å²) in [5.41, 5.74) is 2.83. The molecule has 0 aliphatic carbocycles.